The summed E-state index contributed by atoms with van der Waals surface area (Å²) >= 11 is 6.16. The molecule has 3 heterocycles. The van der Waals surface area contributed by atoms with Crippen molar-refractivity contribution in [3.63, 3.8) is 0 Å². The molecule has 0 aromatic carbocycles. The standard InChI is InChI=1S/C20H23ClN4O2/c1-10(2)15-14(18(26)27)17(24-19(21)23-15)25-9-20(3,4)16-13(25)8-7-12(22-16)11-5-6-11/h7-8,10-11H,5-6,9H2,1-4H3,(H,26,27). The van der Waals surface area contributed by atoms with Gasteiger partial charge in [-0.2, -0.15) is 4.98 Å². The normalized spacial score (nSPS) is 18.1. The van der Waals surface area contributed by atoms with Crippen LogP contribution in [0.15, 0.2) is 12.1 Å². The molecular formula is C20H23ClN4O2. The third-order valence-electron chi connectivity index (χ3n) is 5.28. The number of carbonyl (C=O) groups is 1. The summed E-state index contributed by atoms with van der Waals surface area (Å²) in [6.45, 7) is 8.65. The van der Waals surface area contributed by atoms with E-state index in [1.807, 2.05) is 24.8 Å². The highest BCUT2D eigenvalue weighted by atomic mass is 35.5. The van der Waals surface area contributed by atoms with E-state index in [0.29, 0.717) is 24.0 Å². The van der Waals surface area contributed by atoms with Gasteiger partial charge in [-0.3, -0.25) is 4.98 Å². The van der Waals surface area contributed by atoms with E-state index in [1.54, 1.807) is 0 Å². The predicted octanol–water partition coefficient (Wildman–Crippen LogP) is 4.65. The van der Waals surface area contributed by atoms with Crippen LogP contribution in [0.2, 0.25) is 5.28 Å². The molecule has 0 saturated heterocycles. The molecule has 1 aliphatic heterocycles. The van der Waals surface area contributed by atoms with Crippen molar-refractivity contribution in [1.29, 1.82) is 0 Å². The van der Waals surface area contributed by atoms with Crippen molar-refractivity contribution in [1.82, 2.24) is 15.0 Å². The molecule has 0 radical (unpaired) electrons. The first kappa shape index (κ1) is 18.2. The van der Waals surface area contributed by atoms with Crippen molar-refractivity contribution in [2.45, 2.75) is 57.8 Å². The highest BCUT2D eigenvalue weighted by Gasteiger charge is 2.41. The molecule has 2 aromatic rings. The Kier molecular flexibility index (Phi) is 4.14. The van der Waals surface area contributed by atoms with Crippen LogP contribution in [-0.4, -0.2) is 32.6 Å². The first-order chi connectivity index (χ1) is 12.7. The summed E-state index contributed by atoms with van der Waals surface area (Å²) in [5, 5.41) is 9.95. The van der Waals surface area contributed by atoms with Crippen LogP contribution < -0.4 is 4.90 Å². The Morgan fingerprint density at radius 1 is 1.26 bits per heavy atom. The number of nitrogens with zero attached hydrogens (tertiary/aromatic N) is 4. The highest BCUT2D eigenvalue weighted by molar-refractivity contribution is 6.28. The highest BCUT2D eigenvalue weighted by Crippen LogP contribution is 2.47. The summed E-state index contributed by atoms with van der Waals surface area (Å²) in [6.07, 6.45) is 2.39. The van der Waals surface area contributed by atoms with E-state index in [2.05, 4.69) is 29.9 Å². The third kappa shape index (κ3) is 3.06. The number of fused-ring (bicyclic) bond motifs is 1. The number of halogens is 1. The minimum atomic E-state index is -1.04. The molecule has 0 bridgehead atoms. The maximum Gasteiger partial charge on any atom is 0.341 e. The molecular weight excluding hydrogens is 364 g/mol. The van der Waals surface area contributed by atoms with E-state index in [9.17, 15) is 9.90 Å². The first-order valence-corrected chi connectivity index (χ1v) is 9.66. The molecule has 0 amide bonds. The largest absolute Gasteiger partial charge is 0.477 e. The average molecular weight is 387 g/mol. The van der Waals surface area contributed by atoms with Gasteiger partial charge in [-0.25, -0.2) is 9.78 Å². The van der Waals surface area contributed by atoms with Crippen LogP contribution in [0.5, 0.6) is 0 Å². The molecule has 1 N–H and O–H groups in total. The SMILES string of the molecule is CC(C)c1nc(Cl)nc(N2CC(C)(C)c3nc(C4CC4)ccc32)c1C(=O)O. The van der Waals surface area contributed by atoms with E-state index >= 15 is 0 Å². The summed E-state index contributed by atoms with van der Waals surface area (Å²) in [7, 11) is 0. The van der Waals surface area contributed by atoms with E-state index in [1.165, 1.54) is 12.8 Å². The topological polar surface area (TPSA) is 79.2 Å². The fourth-order valence-electron chi connectivity index (χ4n) is 3.79. The van der Waals surface area contributed by atoms with Gasteiger partial charge in [0.2, 0.25) is 5.28 Å². The van der Waals surface area contributed by atoms with Gasteiger partial charge >= 0.3 is 5.97 Å². The maximum absolute atomic E-state index is 12.1. The Hall–Kier alpha value is -2.21. The minimum absolute atomic E-state index is 0.0625. The zero-order valence-corrected chi connectivity index (χ0v) is 16.7. The van der Waals surface area contributed by atoms with Crippen LogP contribution in [0.1, 0.15) is 79.8 Å². The number of hydrogen-bond donors (Lipinski definition) is 1. The van der Waals surface area contributed by atoms with Crippen molar-refractivity contribution in [2.75, 3.05) is 11.4 Å². The molecule has 0 atom stereocenters. The second kappa shape index (κ2) is 6.16. The van der Waals surface area contributed by atoms with Gasteiger partial charge in [0.15, 0.2) is 5.82 Å². The average Bonchev–Trinajstić information content (AvgIpc) is 3.39. The predicted molar refractivity (Wildman–Crippen MR) is 104 cm³/mol. The summed E-state index contributed by atoms with van der Waals surface area (Å²) in [5.41, 5.74) is 3.37. The zero-order chi connectivity index (χ0) is 19.5. The lowest BCUT2D eigenvalue weighted by molar-refractivity contribution is 0.0695. The summed E-state index contributed by atoms with van der Waals surface area (Å²) in [4.78, 5) is 27.5. The second-order valence-corrected chi connectivity index (χ2v) is 8.72. The number of carboxylic acids is 1. The van der Waals surface area contributed by atoms with Crippen LogP contribution in [0.25, 0.3) is 0 Å². The molecule has 2 aromatic heterocycles. The Morgan fingerprint density at radius 3 is 2.56 bits per heavy atom. The first-order valence-electron chi connectivity index (χ1n) is 9.28. The Labute approximate surface area is 163 Å². The smallest absolute Gasteiger partial charge is 0.341 e. The summed E-state index contributed by atoms with van der Waals surface area (Å²) < 4.78 is 0. The fraction of sp³-hybridized carbons (Fsp3) is 0.500. The number of pyridine rings is 1. The fourth-order valence-corrected chi connectivity index (χ4v) is 3.96. The van der Waals surface area contributed by atoms with E-state index in [0.717, 1.165) is 17.1 Å². The monoisotopic (exact) mass is 386 g/mol. The van der Waals surface area contributed by atoms with Gasteiger partial charge in [-0.05, 0) is 42.5 Å². The van der Waals surface area contributed by atoms with E-state index in [-0.39, 0.29) is 22.2 Å². The van der Waals surface area contributed by atoms with Crippen molar-refractivity contribution >= 4 is 29.1 Å². The molecule has 142 valence electrons. The Balaban J connectivity index is 1.90. The molecule has 27 heavy (non-hydrogen) atoms. The van der Waals surface area contributed by atoms with Crippen LogP contribution in [-0.2, 0) is 5.41 Å². The van der Waals surface area contributed by atoms with E-state index < -0.39 is 5.97 Å². The molecule has 0 spiro atoms. The quantitative estimate of drug-likeness (QED) is 0.770. The van der Waals surface area contributed by atoms with Crippen molar-refractivity contribution in [2.24, 2.45) is 0 Å². The molecule has 4 rings (SSSR count). The number of aromatic nitrogens is 3. The van der Waals surface area contributed by atoms with Gasteiger partial charge in [-0.15, -0.1) is 0 Å². The van der Waals surface area contributed by atoms with Gasteiger partial charge < -0.3 is 10.0 Å². The maximum atomic E-state index is 12.1. The molecule has 1 saturated carbocycles. The lowest BCUT2D eigenvalue weighted by atomic mass is 9.91. The van der Waals surface area contributed by atoms with E-state index in [4.69, 9.17) is 16.6 Å². The molecule has 7 heteroatoms. The Bertz CT molecular complexity index is 938. The number of carboxylic acid groups (broad SMARTS) is 1. The molecule has 6 nitrogen and oxygen atoms in total. The van der Waals surface area contributed by atoms with Gasteiger partial charge in [0, 0.05) is 23.6 Å². The second-order valence-electron chi connectivity index (χ2n) is 8.38. The lowest BCUT2D eigenvalue weighted by Crippen LogP contribution is -2.28. The van der Waals surface area contributed by atoms with Gasteiger partial charge in [0.25, 0.3) is 0 Å². The number of rotatable bonds is 4. The van der Waals surface area contributed by atoms with Gasteiger partial charge in [-0.1, -0.05) is 27.7 Å². The molecule has 0 unspecified atom stereocenters. The van der Waals surface area contributed by atoms with Gasteiger partial charge in [0.05, 0.1) is 17.1 Å². The van der Waals surface area contributed by atoms with Crippen LogP contribution >= 0.6 is 11.6 Å². The van der Waals surface area contributed by atoms with Crippen LogP contribution in [0, 0.1) is 0 Å². The number of anilines is 2. The van der Waals surface area contributed by atoms with Crippen molar-refractivity contribution in [3.05, 3.63) is 40.1 Å². The summed E-state index contributed by atoms with van der Waals surface area (Å²) in [6, 6.07) is 4.10. The molecule has 1 aliphatic carbocycles. The molecule has 2 aliphatic rings. The lowest BCUT2D eigenvalue weighted by Gasteiger charge is -2.24. The van der Waals surface area contributed by atoms with Crippen LogP contribution in [0.3, 0.4) is 0 Å². The van der Waals surface area contributed by atoms with Crippen LogP contribution in [0.4, 0.5) is 11.5 Å². The minimum Gasteiger partial charge on any atom is -0.477 e. The van der Waals surface area contributed by atoms with Crippen molar-refractivity contribution in [3.8, 4) is 0 Å². The Morgan fingerprint density at radius 2 is 1.96 bits per heavy atom. The molecule has 1 fully saturated rings. The summed E-state index contributed by atoms with van der Waals surface area (Å²) in [5.74, 6) is -0.213. The number of hydrogen-bond acceptors (Lipinski definition) is 5. The van der Waals surface area contributed by atoms with Crippen molar-refractivity contribution < 1.29 is 9.90 Å². The number of aromatic carboxylic acids is 1. The zero-order valence-electron chi connectivity index (χ0n) is 16.0. The van der Waals surface area contributed by atoms with Gasteiger partial charge in [0.1, 0.15) is 5.56 Å². The third-order valence-corrected chi connectivity index (χ3v) is 5.45.